The Morgan fingerprint density at radius 2 is 2.06 bits per heavy atom. The second kappa shape index (κ2) is 4.69. The highest BCUT2D eigenvalue weighted by molar-refractivity contribution is 5.45. The third kappa shape index (κ3) is 2.04. The lowest BCUT2D eigenvalue weighted by atomic mass is 9.89. The summed E-state index contributed by atoms with van der Waals surface area (Å²) in [5.74, 6) is 1.14. The highest BCUT2D eigenvalue weighted by atomic mass is 16.5. The van der Waals surface area contributed by atoms with Gasteiger partial charge in [0.15, 0.2) is 11.6 Å². The Bertz CT molecular complexity index is 554. The number of nitrogen functional groups attached to an aromatic ring is 1. The molecular weight excluding hydrogens is 224 g/mol. The quantitative estimate of drug-likeness (QED) is 0.877. The molecule has 1 atom stereocenters. The lowest BCUT2D eigenvalue weighted by molar-refractivity contribution is 0.184. The fourth-order valence-corrected chi connectivity index (χ4v) is 2.49. The molecule has 1 heterocycles. The lowest BCUT2D eigenvalue weighted by Crippen LogP contribution is -2.15. The van der Waals surface area contributed by atoms with Gasteiger partial charge < -0.3 is 10.5 Å². The van der Waals surface area contributed by atoms with Crippen LogP contribution in [0.15, 0.2) is 42.6 Å². The number of aryl methyl sites for hydroxylation is 1. The predicted octanol–water partition coefficient (Wildman–Crippen LogP) is 3.12. The topological polar surface area (TPSA) is 48.1 Å². The van der Waals surface area contributed by atoms with Crippen molar-refractivity contribution in [2.45, 2.75) is 25.4 Å². The normalized spacial score (nSPS) is 18.1. The van der Waals surface area contributed by atoms with E-state index in [0.29, 0.717) is 11.6 Å². The van der Waals surface area contributed by atoms with Crippen LogP contribution in [0.25, 0.3) is 0 Å². The van der Waals surface area contributed by atoms with Crippen LogP contribution in [0, 0.1) is 0 Å². The number of rotatable bonds is 2. The summed E-state index contributed by atoms with van der Waals surface area (Å²) >= 11 is 0. The van der Waals surface area contributed by atoms with Gasteiger partial charge in [-0.3, -0.25) is 0 Å². The number of ether oxygens (including phenoxy) is 1. The summed E-state index contributed by atoms with van der Waals surface area (Å²) < 4.78 is 6.03. The zero-order valence-corrected chi connectivity index (χ0v) is 10.2. The van der Waals surface area contributed by atoms with Gasteiger partial charge in [0.25, 0.3) is 0 Å². The summed E-state index contributed by atoms with van der Waals surface area (Å²) in [6.07, 6.45) is 5.10. The first-order valence-corrected chi connectivity index (χ1v) is 6.29. The molecule has 1 aliphatic carbocycles. The molecule has 2 N–H and O–H groups in total. The molecule has 3 rings (SSSR count). The fourth-order valence-electron chi connectivity index (χ4n) is 2.49. The van der Waals surface area contributed by atoms with E-state index >= 15 is 0 Å². The Hall–Kier alpha value is -2.03. The van der Waals surface area contributed by atoms with Gasteiger partial charge in [-0.25, -0.2) is 4.98 Å². The molecule has 0 bridgehead atoms. The van der Waals surface area contributed by atoms with E-state index in [1.165, 1.54) is 11.1 Å². The molecule has 2 aromatic rings. The molecule has 1 aromatic carbocycles. The van der Waals surface area contributed by atoms with Gasteiger partial charge >= 0.3 is 0 Å². The molecule has 0 radical (unpaired) electrons. The van der Waals surface area contributed by atoms with Crippen LogP contribution in [-0.2, 0) is 6.42 Å². The molecule has 0 amide bonds. The minimum absolute atomic E-state index is 0.0986. The minimum atomic E-state index is 0.0986. The number of fused-ring (bicyclic) bond motifs is 1. The maximum Gasteiger partial charge on any atom is 0.166 e. The maximum atomic E-state index is 6.03. The molecule has 92 valence electrons. The van der Waals surface area contributed by atoms with E-state index in [2.05, 4.69) is 29.2 Å². The summed E-state index contributed by atoms with van der Waals surface area (Å²) in [7, 11) is 0. The minimum Gasteiger partial charge on any atom is -0.482 e. The van der Waals surface area contributed by atoms with Crippen molar-refractivity contribution in [3.8, 4) is 5.75 Å². The van der Waals surface area contributed by atoms with Crippen molar-refractivity contribution in [3.05, 3.63) is 53.7 Å². The average Bonchev–Trinajstić information content (AvgIpc) is 2.42. The van der Waals surface area contributed by atoms with Gasteiger partial charge in [-0.05, 0) is 42.5 Å². The van der Waals surface area contributed by atoms with Crippen molar-refractivity contribution < 1.29 is 4.74 Å². The van der Waals surface area contributed by atoms with Gasteiger partial charge in [0.2, 0.25) is 0 Å². The summed E-state index contributed by atoms with van der Waals surface area (Å²) in [6, 6.07) is 12.2. The van der Waals surface area contributed by atoms with Gasteiger partial charge in [0.1, 0.15) is 6.10 Å². The number of pyridine rings is 1. The molecule has 1 aromatic heterocycles. The Kier molecular flexibility index (Phi) is 2.89. The molecule has 18 heavy (non-hydrogen) atoms. The first-order chi connectivity index (χ1) is 8.84. The molecule has 0 fully saturated rings. The van der Waals surface area contributed by atoms with Crippen LogP contribution >= 0.6 is 0 Å². The van der Waals surface area contributed by atoms with E-state index in [4.69, 9.17) is 10.5 Å². The summed E-state index contributed by atoms with van der Waals surface area (Å²) in [4.78, 5) is 4.05. The summed E-state index contributed by atoms with van der Waals surface area (Å²) in [5.41, 5.74) is 8.49. The standard InChI is InChI=1S/C15H16N2O/c16-15-14(9-4-10-17-15)18-13-8-3-6-11-5-1-2-7-12(11)13/h1-2,4-5,7,9-10,13H,3,6,8H2,(H2,16,17). The van der Waals surface area contributed by atoms with Crippen molar-refractivity contribution in [1.82, 2.24) is 4.98 Å². The lowest BCUT2D eigenvalue weighted by Gasteiger charge is -2.26. The van der Waals surface area contributed by atoms with Crippen molar-refractivity contribution in [3.63, 3.8) is 0 Å². The summed E-state index contributed by atoms with van der Waals surface area (Å²) in [6.45, 7) is 0. The molecule has 1 aliphatic rings. The zero-order chi connectivity index (χ0) is 12.4. The number of anilines is 1. The molecule has 0 aliphatic heterocycles. The average molecular weight is 240 g/mol. The number of benzene rings is 1. The molecule has 1 unspecified atom stereocenters. The van der Waals surface area contributed by atoms with Crippen molar-refractivity contribution >= 4 is 5.82 Å². The van der Waals surface area contributed by atoms with Crippen molar-refractivity contribution in [2.75, 3.05) is 5.73 Å². The van der Waals surface area contributed by atoms with E-state index in [9.17, 15) is 0 Å². The monoisotopic (exact) mass is 240 g/mol. The van der Waals surface area contributed by atoms with Crippen LogP contribution in [0.4, 0.5) is 5.82 Å². The third-order valence-electron chi connectivity index (χ3n) is 3.38. The first kappa shape index (κ1) is 11.1. The van der Waals surface area contributed by atoms with Crippen LogP contribution in [0.1, 0.15) is 30.1 Å². The Balaban J connectivity index is 1.89. The first-order valence-electron chi connectivity index (χ1n) is 6.29. The van der Waals surface area contributed by atoms with E-state index < -0.39 is 0 Å². The molecule has 3 nitrogen and oxygen atoms in total. The fraction of sp³-hybridized carbons (Fsp3) is 0.267. The SMILES string of the molecule is Nc1ncccc1OC1CCCc2ccccc21. The van der Waals surface area contributed by atoms with E-state index in [1.807, 2.05) is 12.1 Å². The van der Waals surface area contributed by atoms with Gasteiger partial charge in [0, 0.05) is 6.20 Å². The predicted molar refractivity (Wildman–Crippen MR) is 71.4 cm³/mol. The Labute approximate surface area is 107 Å². The zero-order valence-electron chi connectivity index (χ0n) is 10.2. The second-order valence-electron chi connectivity index (χ2n) is 4.58. The Morgan fingerprint density at radius 3 is 2.94 bits per heavy atom. The highest BCUT2D eigenvalue weighted by Crippen LogP contribution is 2.34. The largest absolute Gasteiger partial charge is 0.482 e. The molecular formula is C15H16N2O. The van der Waals surface area contributed by atoms with Gasteiger partial charge in [-0.2, -0.15) is 0 Å². The molecule has 0 saturated heterocycles. The van der Waals surface area contributed by atoms with E-state index in [0.717, 1.165) is 19.3 Å². The number of nitrogens with two attached hydrogens (primary N) is 1. The summed E-state index contributed by atoms with van der Waals surface area (Å²) in [5, 5.41) is 0. The highest BCUT2D eigenvalue weighted by Gasteiger charge is 2.21. The number of hydrogen-bond acceptors (Lipinski definition) is 3. The van der Waals surface area contributed by atoms with Crippen LogP contribution in [-0.4, -0.2) is 4.98 Å². The van der Waals surface area contributed by atoms with Gasteiger partial charge in [0.05, 0.1) is 0 Å². The second-order valence-corrected chi connectivity index (χ2v) is 4.58. The van der Waals surface area contributed by atoms with Crippen molar-refractivity contribution in [2.24, 2.45) is 0 Å². The third-order valence-corrected chi connectivity index (χ3v) is 3.38. The van der Waals surface area contributed by atoms with Crippen molar-refractivity contribution in [1.29, 1.82) is 0 Å². The van der Waals surface area contributed by atoms with Gasteiger partial charge in [-0.15, -0.1) is 0 Å². The van der Waals surface area contributed by atoms with E-state index in [1.54, 1.807) is 6.20 Å². The Morgan fingerprint density at radius 1 is 1.17 bits per heavy atom. The maximum absolute atomic E-state index is 6.03. The van der Waals surface area contributed by atoms with Gasteiger partial charge in [-0.1, -0.05) is 24.3 Å². The smallest absolute Gasteiger partial charge is 0.166 e. The molecule has 0 saturated carbocycles. The number of aromatic nitrogens is 1. The van der Waals surface area contributed by atoms with Crippen LogP contribution in [0.3, 0.4) is 0 Å². The van der Waals surface area contributed by atoms with E-state index in [-0.39, 0.29) is 6.10 Å². The number of nitrogens with zero attached hydrogens (tertiary/aromatic N) is 1. The van der Waals surface area contributed by atoms with Crippen LogP contribution in [0.5, 0.6) is 5.75 Å². The van der Waals surface area contributed by atoms with Crippen LogP contribution < -0.4 is 10.5 Å². The molecule has 3 heteroatoms. The molecule has 0 spiro atoms. The van der Waals surface area contributed by atoms with Crippen LogP contribution in [0.2, 0.25) is 0 Å². The number of hydrogen-bond donors (Lipinski definition) is 1.